The molecule has 562 valence electrons. The summed E-state index contributed by atoms with van der Waals surface area (Å²) < 4.78 is 28.8. The maximum Gasteiger partial charge on any atom is 0.404 e. The second-order valence-electron chi connectivity index (χ2n) is 24.5. The predicted octanol–water partition coefficient (Wildman–Crippen LogP) is -6.32. The maximum atomic E-state index is 15.2. The van der Waals surface area contributed by atoms with Crippen LogP contribution in [0.2, 0.25) is 0 Å². The van der Waals surface area contributed by atoms with Gasteiger partial charge in [-0.1, -0.05) is 37.3 Å². The van der Waals surface area contributed by atoms with Crippen molar-refractivity contribution in [3.63, 3.8) is 0 Å². The van der Waals surface area contributed by atoms with Crippen LogP contribution in [0.1, 0.15) is 120 Å². The highest BCUT2D eigenvalue weighted by molar-refractivity contribution is 8.14. The van der Waals surface area contributed by atoms with Gasteiger partial charge in [0, 0.05) is 55.2 Å². The number of benzene rings is 1. The lowest BCUT2D eigenvalue weighted by atomic mass is 9.96. The van der Waals surface area contributed by atoms with Gasteiger partial charge in [-0.2, -0.15) is 0 Å². The average molecular weight is 1480 g/mol. The molecule has 2 fully saturated rings. The maximum absolute atomic E-state index is 15.2. The number of primary amides is 3. The third-order valence-electron chi connectivity index (χ3n) is 16.9. The molecule has 0 saturated carbocycles. The molecule has 0 radical (unpaired) electrons. The van der Waals surface area contributed by atoms with Crippen LogP contribution in [0.25, 0.3) is 0 Å². The molecule has 26 N–H and O–H groups in total. The first-order chi connectivity index (χ1) is 48.4. The number of nitrogens with zero attached hydrogens (tertiary/aromatic N) is 5. The van der Waals surface area contributed by atoms with E-state index >= 15 is 4.79 Å². The highest BCUT2D eigenvalue weighted by atomic mass is 32.2. The van der Waals surface area contributed by atoms with Crippen LogP contribution in [-0.4, -0.2) is 261 Å². The smallest absolute Gasteiger partial charge is 0.404 e. The molecule has 21 atom stereocenters. The number of aliphatic hydroxyl groups is 8. The third kappa shape index (κ3) is 21.5. The molecule has 0 spiro atoms. The molecule has 1 aromatic carbocycles. The molecular weight excluding hydrogens is 1380 g/mol. The number of thioether (sulfide) groups is 1. The van der Waals surface area contributed by atoms with Crippen molar-refractivity contribution in [3.8, 4) is 0 Å². The first-order valence-corrected chi connectivity index (χ1v) is 34.3. The summed E-state index contributed by atoms with van der Waals surface area (Å²) in [6, 6.07) is 1.96. The molecule has 3 aliphatic heterocycles. The largest absolute Gasteiger partial charge is 0.441 e. The van der Waals surface area contributed by atoms with Crippen LogP contribution in [0.5, 0.6) is 0 Å². The number of ether oxygens (including phenoxy) is 5. The van der Waals surface area contributed by atoms with E-state index in [1.165, 1.54) is 50.8 Å². The summed E-state index contributed by atoms with van der Waals surface area (Å²) >= 11 is 2.73. The number of aliphatic hydroxyl groups excluding tert-OH is 8. The number of hydrogen-bond acceptors (Lipinski definition) is 32. The third-order valence-corrected chi connectivity index (χ3v) is 19.0. The van der Waals surface area contributed by atoms with E-state index in [2.05, 4.69) is 69.1 Å². The number of nitrogen functional groups attached to an aromatic ring is 1. The zero-order chi connectivity index (χ0) is 74.8. The minimum Gasteiger partial charge on any atom is -0.441 e. The molecule has 0 aliphatic carbocycles. The lowest BCUT2D eigenvalue weighted by Gasteiger charge is -2.47. The molecule has 0 bridgehead atoms. The monoisotopic (exact) mass is 1470 g/mol. The summed E-state index contributed by atoms with van der Waals surface area (Å²) in [7, 11) is 0. The van der Waals surface area contributed by atoms with Crippen LogP contribution in [-0.2, 0) is 47.7 Å². The van der Waals surface area contributed by atoms with Crippen molar-refractivity contribution in [1.82, 2.24) is 62.1 Å². The van der Waals surface area contributed by atoms with E-state index in [0.717, 1.165) is 18.1 Å². The number of amides is 8. The van der Waals surface area contributed by atoms with Crippen LogP contribution in [0.3, 0.4) is 0 Å². The van der Waals surface area contributed by atoms with Crippen LogP contribution >= 0.6 is 23.1 Å². The second kappa shape index (κ2) is 37.9. The van der Waals surface area contributed by atoms with Gasteiger partial charge in [0.25, 0.3) is 11.8 Å². The number of thiazole rings is 1. The average Bonchev–Trinajstić information content (AvgIpc) is 1.13. The van der Waals surface area contributed by atoms with Gasteiger partial charge in [-0.25, -0.2) is 24.7 Å². The summed E-state index contributed by atoms with van der Waals surface area (Å²) in [4.78, 5) is 131. The number of H-pyrrole nitrogens is 1. The minimum absolute atomic E-state index is 0.0165. The Morgan fingerprint density at radius 2 is 1.47 bits per heavy atom. The van der Waals surface area contributed by atoms with E-state index in [1.807, 2.05) is 30.3 Å². The molecule has 3 aliphatic rings. The van der Waals surface area contributed by atoms with Crippen molar-refractivity contribution in [3.05, 3.63) is 87.3 Å². The number of carbonyl (C=O) groups excluding carboxylic acids is 8. The number of aliphatic imine (C=N–C) groups is 1. The van der Waals surface area contributed by atoms with E-state index in [4.69, 9.17) is 57.3 Å². The van der Waals surface area contributed by atoms with Crippen molar-refractivity contribution in [2.45, 2.75) is 176 Å². The number of carbonyl (C=O) groups is 8. The number of anilines is 1. The lowest BCUT2D eigenvalue weighted by molar-refractivity contribution is -0.372. The topological polar surface area (TPSA) is 639 Å². The highest BCUT2D eigenvalue weighted by Gasteiger charge is 2.54. The van der Waals surface area contributed by atoms with Crippen LogP contribution in [0, 0.1) is 12.8 Å². The van der Waals surface area contributed by atoms with Crippen LogP contribution in [0.4, 0.5) is 10.6 Å². The fourth-order valence-corrected chi connectivity index (χ4v) is 12.9. The minimum atomic E-state index is -2.20. The first-order valence-electron chi connectivity index (χ1n) is 32.4. The molecule has 39 nitrogen and oxygen atoms in total. The fraction of sp³-hybridized carbons (Fsp3) is 0.590. The van der Waals surface area contributed by atoms with Gasteiger partial charge in [0.1, 0.15) is 95.0 Å². The molecule has 4 aromatic rings. The number of imidazole rings is 1. The number of nitrogens with two attached hydrogens (primary N) is 5. The zero-order valence-corrected chi connectivity index (χ0v) is 57.8. The molecule has 41 heteroatoms. The van der Waals surface area contributed by atoms with Crippen molar-refractivity contribution in [1.29, 1.82) is 0 Å². The van der Waals surface area contributed by atoms with E-state index in [9.17, 15) is 74.4 Å². The van der Waals surface area contributed by atoms with Crippen LogP contribution in [0.15, 0.2) is 53.2 Å². The van der Waals surface area contributed by atoms with Crippen molar-refractivity contribution < 1.29 is 103 Å². The molecule has 2 saturated heterocycles. The van der Waals surface area contributed by atoms with Crippen LogP contribution < -0.4 is 65.9 Å². The Bertz CT molecular complexity index is 3510. The Kier molecular flexibility index (Phi) is 30.2. The SMILES string of the molecule is Cc1c(N)nc([C@H](CC(N)=O)NC[C@H](N)C(N)=O)nc1C(=O)N[C@H](C(=O)N[C@H](C)[C@@H](O)[C@H](C)C(=O)N[C@H](C(=O)NCCC1=NC(c2nc(C(=O)NCCCN[C@@H](C)c3ccccc3)cs2)CS1)[C@@H](C)O)[C@@H](OC1OC(CO)C(O)C(O)C1OC1OC(CO)C(O)C(OC(N)=O)C1O)c1cnc[nH]1. The molecular formula is C61H90N18O21S2. The molecule has 8 amide bonds. The Balaban J connectivity index is 1.07. The summed E-state index contributed by atoms with van der Waals surface area (Å²) in [6.45, 7) is 5.89. The van der Waals surface area contributed by atoms with Gasteiger partial charge < -0.3 is 135 Å². The number of aromatic amines is 1. The van der Waals surface area contributed by atoms with Gasteiger partial charge in [0.15, 0.2) is 18.7 Å². The Labute approximate surface area is 592 Å². The normalized spacial score (nSPS) is 25.0. The van der Waals surface area contributed by atoms with Gasteiger partial charge in [-0.15, -0.1) is 23.1 Å². The molecule has 6 heterocycles. The number of nitrogens with one attached hydrogen (secondary N) is 8. The molecule has 11 unspecified atom stereocenters. The fourth-order valence-electron chi connectivity index (χ4n) is 10.9. The lowest BCUT2D eigenvalue weighted by Crippen LogP contribution is -2.65. The summed E-state index contributed by atoms with van der Waals surface area (Å²) in [5.41, 5.74) is 28.8. The van der Waals surface area contributed by atoms with E-state index in [0.29, 0.717) is 35.3 Å². The van der Waals surface area contributed by atoms with Crippen molar-refractivity contribution in [2.75, 3.05) is 50.9 Å². The van der Waals surface area contributed by atoms with Gasteiger partial charge in [-0.05, 0) is 46.2 Å². The predicted molar refractivity (Wildman–Crippen MR) is 360 cm³/mol. The van der Waals surface area contributed by atoms with Crippen molar-refractivity contribution >= 4 is 81.4 Å². The summed E-state index contributed by atoms with van der Waals surface area (Å²) in [5, 5.41) is 110. The van der Waals surface area contributed by atoms with E-state index in [-0.39, 0.29) is 66.1 Å². The van der Waals surface area contributed by atoms with E-state index in [1.54, 1.807) is 5.38 Å². The molecule has 7 rings (SSSR count). The van der Waals surface area contributed by atoms with Crippen molar-refractivity contribution in [2.24, 2.45) is 33.8 Å². The zero-order valence-electron chi connectivity index (χ0n) is 56.1. The van der Waals surface area contributed by atoms with Gasteiger partial charge in [-0.3, -0.25) is 38.6 Å². The van der Waals surface area contributed by atoms with Gasteiger partial charge >= 0.3 is 6.09 Å². The first kappa shape index (κ1) is 81.2. The Hall–Kier alpha value is -8.08. The van der Waals surface area contributed by atoms with Gasteiger partial charge in [0.2, 0.25) is 29.5 Å². The summed E-state index contributed by atoms with van der Waals surface area (Å²) in [5.74, 6) is -8.15. The second-order valence-corrected chi connectivity index (χ2v) is 26.5. The standard InChI is InChI=1S/C61H90N18O21S2/c1-24-39(76-52(79-50(24)64)31(16-37(63)83)71-17-30(62)51(65)89)56(93)78-41(47(32-18-67-23-72-32)98-60-49(45(87)43(85)35(19-80)97-60)99-59-46(88)48(100-61(66)95)44(86)36(20-81)96-59)57(94)73-27(4)42(84)25(2)53(90)77-40(28(5)82)55(92)70-15-12-38-74-34(22-101-38)58-75-33(21-102-58)54(91)69-14-9-13-68-26(3)29-10-7-6-8-11-29/h6-8,10-11,18,21,23,25-28,30-31,34-36,40-49,59-60,68,71,80-82,84-88H,9,12-17,19-20,22,62H2,1-5H3,(H2,63,83)(H2,65,89)(H2,66,95)(H,67,72)(H,69,91)(H,70,92)(H,73,94)(H,77,90)(H,78,93)(H2,64,76,79)/t25-,26-,27+,28+,30-,31-,34?,35?,36?,40-,41-,42-,43?,44?,45?,46?,47-,48?,49?,59?,60?/m0/s1. The molecule has 3 aromatic heterocycles. The van der Waals surface area contributed by atoms with E-state index < -0.39 is 183 Å². The molecule has 102 heavy (non-hydrogen) atoms. The highest BCUT2D eigenvalue weighted by Crippen LogP contribution is 2.36. The summed E-state index contributed by atoms with van der Waals surface area (Å²) in [6.07, 6.45) is -24.4. The Morgan fingerprint density at radius 1 is 0.775 bits per heavy atom. The number of rotatable bonds is 37. The van der Waals surface area contributed by atoms with Gasteiger partial charge in [0.05, 0.1) is 72.7 Å². The number of aromatic nitrogens is 5. The number of hydrogen-bond donors (Lipinski definition) is 21. The Morgan fingerprint density at radius 3 is 2.12 bits per heavy atom. The quantitative estimate of drug-likeness (QED) is 0.0187.